The molecule has 1 fully saturated rings. The zero-order valence-electron chi connectivity index (χ0n) is 10.2. The van der Waals surface area contributed by atoms with E-state index in [1.54, 1.807) is 0 Å². The summed E-state index contributed by atoms with van der Waals surface area (Å²) >= 11 is 1.82. The monoisotopic (exact) mass is 248 g/mol. The Morgan fingerprint density at radius 2 is 2.24 bits per heavy atom. The van der Waals surface area contributed by atoms with E-state index in [9.17, 15) is 5.26 Å². The predicted octanol–water partition coefficient (Wildman–Crippen LogP) is 3.35. The molecule has 1 N–H and O–H groups in total. The molecule has 2 rings (SSSR count). The highest BCUT2D eigenvalue weighted by Gasteiger charge is 2.22. The molecule has 1 aromatic heterocycles. The van der Waals surface area contributed by atoms with Crippen molar-refractivity contribution >= 4 is 11.3 Å². The van der Waals surface area contributed by atoms with Crippen molar-refractivity contribution in [2.75, 3.05) is 6.54 Å². The Balaban J connectivity index is 1.78. The first-order chi connectivity index (χ1) is 8.40. The quantitative estimate of drug-likeness (QED) is 0.829. The maximum Gasteiger partial charge on any atom is 0.0672 e. The molecule has 0 bridgehead atoms. The molecule has 1 heterocycles. The second-order valence-corrected chi connectivity index (χ2v) is 5.80. The van der Waals surface area contributed by atoms with Crippen molar-refractivity contribution in [1.82, 2.24) is 5.32 Å². The molecule has 0 spiro atoms. The zero-order chi connectivity index (χ0) is 11.9. The molecular weight excluding hydrogens is 228 g/mol. The number of hydrogen-bond acceptors (Lipinski definition) is 3. The van der Waals surface area contributed by atoms with Gasteiger partial charge in [-0.25, -0.2) is 0 Å². The van der Waals surface area contributed by atoms with Crippen molar-refractivity contribution in [3.05, 3.63) is 22.4 Å². The number of nitriles is 1. The van der Waals surface area contributed by atoms with E-state index in [4.69, 9.17) is 0 Å². The van der Waals surface area contributed by atoms with Gasteiger partial charge in [-0.3, -0.25) is 0 Å². The summed E-state index contributed by atoms with van der Waals surface area (Å²) in [6.45, 7) is 1.00. The van der Waals surface area contributed by atoms with E-state index in [0.29, 0.717) is 6.04 Å². The van der Waals surface area contributed by atoms with Gasteiger partial charge in [0.05, 0.1) is 12.0 Å². The summed E-state index contributed by atoms with van der Waals surface area (Å²) in [6, 6.07) is 7.18. The van der Waals surface area contributed by atoms with Crippen molar-refractivity contribution in [3.63, 3.8) is 0 Å². The molecule has 0 amide bonds. The number of thiophene rings is 1. The number of hydrogen-bond donors (Lipinski definition) is 1. The standard InChI is InChI=1S/C14H20N2S/c15-11-12-5-2-1-3-7-14(12)16-9-8-13-6-4-10-17-13/h4,6,10,12,14,16H,1-3,5,7-9H2. The molecule has 2 unspecified atom stereocenters. The molecular formula is C14H20N2S. The fraction of sp³-hybridized carbons (Fsp3) is 0.643. The van der Waals surface area contributed by atoms with Crippen LogP contribution in [0.3, 0.4) is 0 Å². The summed E-state index contributed by atoms with van der Waals surface area (Å²) in [7, 11) is 0. The average molecular weight is 248 g/mol. The summed E-state index contributed by atoms with van der Waals surface area (Å²) in [5, 5.41) is 14.9. The van der Waals surface area contributed by atoms with Gasteiger partial charge in [0.25, 0.3) is 0 Å². The zero-order valence-corrected chi connectivity index (χ0v) is 11.0. The molecule has 2 nitrogen and oxygen atoms in total. The van der Waals surface area contributed by atoms with E-state index >= 15 is 0 Å². The summed E-state index contributed by atoms with van der Waals surface area (Å²) in [5.41, 5.74) is 0. The van der Waals surface area contributed by atoms with E-state index in [1.165, 1.54) is 30.6 Å². The predicted molar refractivity (Wildman–Crippen MR) is 72.0 cm³/mol. The minimum atomic E-state index is 0.223. The Labute approximate surface area is 108 Å². The van der Waals surface area contributed by atoms with Gasteiger partial charge in [-0.1, -0.05) is 25.3 Å². The van der Waals surface area contributed by atoms with Crippen molar-refractivity contribution in [2.24, 2.45) is 5.92 Å². The lowest BCUT2D eigenvalue weighted by Gasteiger charge is -2.20. The number of nitrogens with one attached hydrogen (secondary N) is 1. The maximum atomic E-state index is 9.18. The van der Waals surface area contributed by atoms with Crippen LogP contribution in [0, 0.1) is 17.2 Å². The normalized spacial score (nSPS) is 25.1. The maximum absolute atomic E-state index is 9.18. The number of nitrogens with zero attached hydrogens (tertiary/aromatic N) is 1. The summed E-state index contributed by atoms with van der Waals surface area (Å²) in [6.07, 6.45) is 7.12. The first kappa shape index (κ1) is 12.6. The van der Waals surface area contributed by atoms with Crippen LogP contribution in [-0.2, 0) is 6.42 Å². The Morgan fingerprint density at radius 3 is 3.00 bits per heavy atom. The molecule has 1 aromatic rings. The molecule has 17 heavy (non-hydrogen) atoms. The van der Waals surface area contributed by atoms with E-state index in [2.05, 4.69) is 28.9 Å². The van der Waals surface area contributed by atoms with Crippen molar-refractivity contribution in [2.45, 2.75) is 44.6 Å². The van der Waals surface area contributed by atoms with E-state index < -0.39 is 0 Å². The minimum absolute atomic E-state index is 0.223. The lowest BCUT2D eigenvalue weighted by atomic mass is 9.96. The van der Waals surface area contributed by atoms with Gasteiger partial charge in [0.2, 0.25) is 0 Å². The molecule has 92 valence electrons. The molecule has 2 atom stereocenters. The highest BCUT2D eigenvalue weighted by atomic mass is 32.1. The Hall–Kier alpha value is -0.850. The molecule has 0 saturated heterocycles. The SMILES string of the molecule is N#CC1CCCCCC1NCCc1cccs1. The molecule has 1 saturated carbocycles. The fourth-order valence-electron chi connectivity index (χ4n) is 2.54. The van der Waals surface area contributed by atoms with Gasteiger partial charge >= 0.3 is 0 Å². The van der Waals surface area contributed by atoms with Crippen LogP contribution in [-0.4, -0.2) is 12.6 Å². The molecule has 0 aromatic carbocycles. The van der Waals surface area contributed by atoms with Crippen molar-refractivity contribution in [3.8, 4) is 6.07 Å². The smallest absolute Gasteiger partial charge is 0.0672 e. The van der Waals surface area contributed by atoms with Crippen LogP contribution in [0.4, 0.5) is 0 Å². The Kier molecular flexibility index (Phi) is 5.03. The highest BCUT2D eigenvalue weighted by molar-refractivity contribution is 7.09. The van der Waals surface area contributed by atoms with Gasteiger partial charge in [-0.05, 0) is 30.7 Å². The summed E-state index contributed by atoms with van der Waals surface area (Å²) in [5.74, 6) is 0.223. The molecule has 1 aliphatic carbocycles. The van der Waals surface area contributed by atoms with Gasteiger partial charge < -0.3 is 5.32 Å². The number of rotatable bonds is 4. The molecule has 0 radical (unpaired) electrons. The fourth-order valence-corrected chi connectivity index (χ4v) is 3.25. The van der Waals surface area contributed by atoms with Crippen LogP contribution >= 0.6 is 11.3 Å². The lowest BCUT2D eigenvalue weighted by molar-refractivity contribution is 0.398. The van der Waals surface area contributed by atoms with E-state index in [-0.39, 0.29) is 5.92 Å². The van der Waals surface area contributed by atoms with Crippen LogP contribution in [0.5, 0.6) is 0 Å². The summed E-state index contributed by atoms with van der Waals surface area (Å²) in [4.78, 5) is 1.43. The largest absolute Gasteiger partial charge is 0.312 e. The topological polar surface area (TPSA) is 35.8 Å². The third kappa shape index (κ3) is 3.83. The third-order valence-corrected chi connectivity index (χ3v) is 4.48. The highest BCUT2D eigenvalue weighted by Crippen LogP contribution is 2.23. The van der Waals surface area contributed by atoms with Crippen LogP contribution in [0.1, 0.15) is 37.0 Å². The Morgan fingerprint density at radius 1 is 1.35 bits per heavy atom. The van der Waals surface area contributed by atoms with Gasteiger partial charge in [0.1, 0.15) is 0 Å². The lowest BCUT2D eigenvalue weighted by Crippen LogP contribution is -2.36. The van der Waals surface area contributed by atoms with Crippen molar-refractivity contribution in [1.29, 1.82) is 5.26 Å². The van der Waals surface area contributed by atoms with Crippen LogP contribution in [0.2, 0.25) is 0 Å². The minimum Gasteiger partial charge on any atom is -0.312 e. The first-order valence-corrected chi connectivity index (χ1v) is 7.43. The second kappa shape index (κ2) is 6.78. The first-order valence-electron chi connectivity index (χ1n) is 6.55. The Bertz CT molecular complexity index is 353. The van der Waals surface area contributed by atoms with Gasteiger partial charge in [-0.2, -0.15) is 5.26 Å². The van der Waals surface area contributed by atoms with E-state index in [1.807, 2.05) is 11.3 Å². The van der Waals surface area contributed by atoms with Crippen LogP contribution < -0.4 is 5.32 Å². The van der Waals surface area contributed by atoms with Crippen molar-refractivity contribution < 1.29 is 0 Å². The van der Waals surface area contributed by atoms with Crippen LogP contribution in [0.15, 0.2) is 17.5 Å². The van der Waals surface area contributed by atoms with Gasteiger partial charge in [0.15, 0.2) is 0 Å². The molecule has 0 aliphatic heterocycles. The van der Waals surface area contributed by atoms with Gasteiger partial charge in [-0.15, -0.1) is 11.3 Å². The molecule has 3 heteroatoms. The van der Waals surface area contributed by atoms with Gasteiger partial charge in [0, 0.05) is 17.5 Å². The second-order valence-electron chi connectivity index (χ2n) is 4.76. The third-order valence-electron chi connectivity index (χ3n) is 3.54. The average Bonchev–Trinajstić information content (AvgIpc) is 2.75. The summed E-state index contributed by atoms with van der Waals surface area (Å²) < 4.78 is 0. The van der Waals surface area contributed by atoms with E-state index in [0.717, 1.165) is 19.4 Å². The molecule has 1 aliphatic rings. The van der Waals surface area contributed by atoms with Crippen LogP contribution in [0.25, 0.3) is 0 Å².